The van der Waals surface area contributed by atoms with Crippen molar-refractivity contribution in [1.82, 2.24) is 20.5 Å². The highest BCUT2D eigenvalue weighted by Crippen LogP contribution is 2.32. The van der Waals surface area contributed by atoms with E-state index in [9.17, 15) is 22.8 Å². The summed E-state index contributed by atoms with van der Waals surface area (Å²) in [5, 5.41) is 6.48. The molecular formula is C34H44N4O6S. The number of fused-ring (bicyclic) bond motifs is 1. The van der Waals surface area contributed by atoms with Crippen molar-refractivity contribution in [2.45, 2.75) is 95.5 Å². The number of hydrogen-bond donors (Lipinski definition) is 2. The van der Waals surface area contributed by atoms with Crippen LogP contribution >= 0.6 is 0 Å². The number of sulfone groups is 1. The molecule has 4 rings (SSSR count). The third kappa shape index (κ3) is 8.07. The number of benzene rings is 2. The molecule has 242 valence electrons. The lowest BCUT2D eigenvalue weighted by Crippen LogP contribution is -2.62. The number of nitrogens with one attached hydrogen (secondary N) is 2. The summed E-state index contributed by atoms with van der Waals surface area (Å²) in [5.74, 6) is -1.39. The molecule has 1 saturated heterocycles. The highest BCUT2D eigenvalue weighted by Gasteiger charge is 2.50. The predicted molar refractivity (Wildman–Crippen MR) is 174 cm³/mol. The SMILES string of the molecule is CC(C)N(C(=O)C[C@@H]1O[C@@H]1[C@H](Cc1ccccc1)NC(=O)[C@H](NC(=O)c1ccc2ccccc2n1)C(C)(C)S(C)(=O)=O)C(C)C. The summed E-state index contributed by atoms with van der Waals surface area (Å²) in [6, 6.07) is 18.1. The zero-order valence-electron chi connectivity index (χ0n) is 27.0. The maximum absolute atomic E-state index is 14.0. The van der Waals surface area contributed by atoms with Gasteiger partial charge in [0.1, 0.15) is 17.8 Å². The predicted octanol–water partition coefficient (Wildman–Crippen LogP) is 3.69. The molecule has 2 heterocycles. The van der Waals surface area contributed by atoms with Gasteiger partial charge >= 0.3 is 0 Å². The summed E-state index contributed by atoms with van der Waals surface area (Å²) in [4.78, 5) is 46.8. The van der Waals surface area contributed by atoms with Gasteiger partial charge in [-0.3, -0.25) is 14.4 Å². The largest absolute Gasteiger partial charge is 0.367 e. The molecule has 45 heavy (non-hydrogen) atoms. The van der Waals surface area contributed by atoms with Crippen molar-refractivity contribution >= 4 is 38.5 Å². The Morgan fingerprint density at radius 3 is 2.16 bits per heavy atom. The summed E-state index contributed by atoms with van der Waals surface area (Å²) in [6.45, 7) is 10.7. The van der Waals surface area contributed by atoms with E-state index >= 15 is 0 Å². The minimum absolute atomic E-state index is 0.0224. The standard InChI is InChI=1S/C34H44N4O6S/c1-21(2)38(22(3)4)29(39)20-28-30(44-28)27(19-23-13-9-8-10-14-23)36-33(41)31(34(5,6)45(7,42)43)37-32(40)26-18-17-24-15-11-12-16-25(24)35-26/h8-18,21-22,27-28,30-31H,19-20H2,1-7H3,(H,36,41)(H,37,40)/t27-,28-,30+,31-/m0/s1. The summed E-state index contributed by atoms with van der Waals surface area (Å²) < 4.78 is 30.2. The Balaban J connectivity index is 1.59. The summed E-state index contributed by atoms with van der Waals surface area (Å²) >= 11 is 0. The lowest BCUT2D eigenvalue weighted by atomic mass is 9.97. The van der Waals surface area contributed by atoms with E-state index in [0.717, 1.165) is 17.2 Å². The number of pyridine rings is 1. The molecule has 0 bridgehead atoms. The van der Waals surface area contributed by atoms with Crippen LogP contribution in [0.1, 0.15) is 64.0 Å². The van der Waals surface area contributed by atoms with Crippen molar-refractivity contribution in [3.63, 3.8) is 0 Å². The van der Waals surface area contributed by atoms with Gasteiger partial charge in [-0.2, -0.15) is 0 Å². The van der Waals surface area contributed by atoms with Crippen LogP contribution in [0, 0.1) is 0 Å². The molecule has 0 aliphatic carbocycles. The number of carbonyl (C=O) groups is 3. The van der Waals surface area contributed by atoms with Gasteiger partial charge in [0, 0.05) is 23.7 Å². The average Bonchev–Trinajstić information content (AvgIpc) is 3.73. The fourth-order valence-electron chi connectivity index (χ4n) is 5.67. The van der Waals surface area contributed by atoms with Crippen LogP contribution in [0.2, 0.25) is 0 Å². The first-order valence-corrected chi connectivity index (χ1v) is 17.2. The summed E-state index contributed by atoms with van der Waals surface area (Å²) in [5.41, 5.74) is 1.58. The zero-order chi connectivity index (χ0) is 33.1. The van der Waals surface area contributed by atoms with E-state index in [0.29, 0.717) is 11.9 Å². The molecule has 1 aromatic heterocycles. The van der Waals surface area contributed by atoms with Crippen LogP contribution in [0.3, 0.4) is 0 Å². The van der Waals surface area contributed by atoms with Crippen LogP contribution in [0.15, 0.2) is 66.7 Å². The highest BCUT2D eigenvalue weighted by molar-refractivity contribution is 7.92. The molecular weight excluding hydrogens is 592 g/mol. The van der Waals surface area contributed by atoms with E-state index in [1.54, 1.807) is 18.2 Å². The molecule has 0 unspecified atom stereocenters. The molecule has 2 N–H and O–H groups in total. The second kappa shape index (κ2) is 13.7. The summed E-state index contributed by atoms with van der Waals surface area (Å²) in [7, 11) is -3.84. The van der Waals surface area contributed by atoms with E-state index in [2.05, 4.69) is 15.6 Å². The van der Waals surface area contributed by atoms with E-state index in [4.69, 9.17) is 4.74 Å². The molecule has 3 aromatic rings. The molecule has 3 amide bonds. The van der Waals surface area contributed by atoms with Crippen LogP contribution in [-0.4, -0.2) is 83.4 Å². The fourth-order valence-corrected chi connectivity index (χ4v) is 6.27. The molecule has 11 heteroatoms. The van der Waals surface area contributed by atoms with Crippen molar-refractivity contribution in [1.29, 1.82) is 0 Å². The fraction of sp³-hybridized carbons (Fsp3) is 0.471. The van der Waals surface area contributed by atoms with Crippen LogP contribution in [0.25, 0.3) is 10.9 Å². The lowest BCUT2D eigenvalue weighted by Gasteiger charge is -2.33. The Morgan fingerprint density at radius 2 is 1.53 bits per heavy atom. The van der Waals surface area contributed by atoms with E-state index in [1.807, 2.05) is 75.1 Å². The zero-order valence-corrected chi connectivity index (χ0v) is 27.8. The normalized spacial score (nSPS) is 18.0. The van der Waals surface area contributed by atoms with Crippen molar-refractivity contribution in [2.75, 3.05) is 6.26 Å². The van der Waals surface area contributed by atoms with Gasteiger partial charge in [0.15, 0.2) is 9.84 Å². The highest BCUT2D eigenvalue weighted by atomic mass is 32.2. The van der Waals surface area contributed by atoms with Crippen molar-refractivity contribution in [2.24, 2.45) is 0 Å². The Bertz CT molecular complexity index is 1630. The molecule has 1 fully saturated rings. The Labute approximate surface area is 265 Å². The second-order valence-corrected chi connectivity index (χ2v) is 15.4. The summed E-state index contributed by atoms with van der Waals surface area (Å²) in [6.07, 6.45) is 0.691. The van der Waals surface area contributed by atoms with E-state index in [-0.39, 0.29) is 30.1 Å². The number of epoxide rings is 1. The number of amides is 3. The molecule has 10 nitrogen and oxygen atoms in total. The van der Waals surface area contributed by atoms with Gasteiger partial charge in [-0.05, 0) is 65.7 Å². The van der Waals surface area contributed by atoms with Crippen LogP contribution in [0.4, 0.5) is 0 Å². The van der Waals surface area contributed by atoms with Gasteiger partial charge in [0.25, 0.3) is 5.91 Å². The van der Waals surface area contributed by atoms with Crippen LogP contribution in [0.5, 0.6) is 0 Å². The molecule has 4 atom stereocenters. The first-order chi connectivity index (χ1) is 21.1. The number of aromatic nitrogens is 1. The number of ether oxygens (including phenoxy) is 1. The average molecular weight is 637 g/mol. The van der Waals surface area contributed by atoms with Gasteiger partial charge in [0.05, 0.1) is 28.8 Å². The first kappa shape index (κ1) is 34.1. The molecule has 0 saturated carbocycles. The lowest BCUT2D eigenvalue weighted by molar-refractivity contribution is -0.135. The van der Waals surface area contributed by atoms with Gasteiger partial charge in [-0.1, -0.05) is 54.6 Å². The minimum atomic E-state index is -3.84. The first-order valence-electron chi connectivity index (χ1n) is 15.3. The second-order valence-electron chi connectivity index (χ2n) is 12.8. The van der Waals surface area contributed by atoms with E-state index < -0.39 is 50.7 Å². The van der Waals surface area contributed by atoms with Gasteiger partial charge in [-0.15, -0.1) is 0 Å². The molecule has 1 aliphatic rings. The number of hydrogen-bond acceptors (Lipinski definition) is 7. The van der Waals surface area contributed by atoms with Crippen LogP contribution < -0.4 is 10.6 Å². The quantitative estimate of drug-likeness (QED) is 0.273. The molecule has 0 spiro atoms. The Hall–Kier alpha value is -3.83. The van der Waals surface area contributed by atoms with Gasteiger partial charge < -0.3 is 20.3 Å². The van der Waals surface area contributed by atoms with Crippen LogP contribution in [-0.2, 0) is 30.6 Å². The maximum Gasteiger partial charge on any atom is 0.270 e. The smallest absolute Gasteiger partial charge is 0.270 e. The third-order valence-electron chi connectivity index (χ3n) is 8.44. The Kier molecular flexibility index (Phi) is 10.3. The molecule has 2 aromatic carbocycles. The van der Waals surface area contributed by atoms with Crippen molar-refractivity contribution in [3.05, 3.63) is 78.0 Å². The maximum atomic E-state index is 14.0. The molecule has 0 radical (unpaired) electrons. The van der Waals surface area contributed by atoms with Gasteiger partial charge in [-0.25, -0.2) is 13.4 Å². The Morgan fingerprint density at radius 1 is 0.911 bits per heavy atom. The number of rotatable bonds is 13. The van der Waals surface area contributed by atoms with E-state index in [1.165, 1.54) is 19.9 Å². The number of carbonyl (C=O) groups excluding carboxylic acids is 3. The number of para-hydroxylation sites is 1. The molecule has 1 aliphatic heterocycles. The topological polar surface area (TPSA) is 138 Å². The number of nitrogens with zero attached hydrogens (tertiary/aromatic N) is 2. The minimum Gasteiger partial charge on any atom is -0.367 e. The van der Waals surface area contributed by atoms with Gasteiger partial charge in [0.2, 0.25) is 11.8 Å². The monoisotopic (exact) mass is 636 g/mol. The third-order valence-corrected chi connectivity index (χ3v) is 10.6. The van der Waals surface area contributed by atoms with Crippen molar-refractivity contribution in [3.8, 4) is 0 Å². The van der Waals surface area contributed by atoms with Crippen molar-refractivity contribution < 1.29 is 27.5 Å².